The van der Waals surface area contributed by atoms with Crippen LogP contribution in [0.5, 0.6) is 0 Å². The highest BCUT2D eigenvalue weighted by Crippen LogP contribution is 2.29. The number of halogens is 1. The standard InChI is InChI=1S/C25H26FN3O/c26-22-13-7-8-14-23(22)27-24(30)19-28-15-17-29(18-16-28)25(20-9-3-1-4-10-20)21-11-5-2-6-12-21/h1-14,25H,15-19H2,(H,27,30). The Morgan fingerprint density at radius 2 is 1.33 bits per heavy atom. The number of amides is 1. The van der Waals surface area contributed by atoms with Gasteiger partial charge in [-0.15, -0.1) is 0 Å². The van der Waals surface area contributed by atoms with Crippen molar-refractivity contribution in [3.63, 3.8) is 0 Å². The van der Waals surface area contributed by atoms with Gasteiger partial charge in [-0.2, -0.15) is 0 Å². The summed E-state index contributed by atoms with van der Waals surface area (Å²) in [6.45, 7) is 3.58. The summed E-state index contributed by atoms with van der Waals surface area (Å²) in [5.41, 5.74) is 2.78. The lowest BCUT2D eigenvalue weighted by Gasteiger charge is -2.39. The first kappa shape index (κ1) is 20.3. The van der Waals surface area contributed by atoms with Crippen molar-refractivity contribution in [2.45, 2.75) is 6.04 Å². The van der Waals surface area contributed by atoms with Crippen LogP contribution in [-0.4, -0.2) is 48.4 Å². The molecule has 3 aromatic rings. The topological polar surface area (TPSA) is 35.6 Å². The van der Waals surface area contributed by atoms with Crippen molar-refractivity contribution < 1.29 is 9.18 Å². The van der Waals surface area contributed by atoms with Crippen LogP contribution in [0.15, 0.2) is 84.9 Å². The van der Waals surface area contributed by atoms with Gasteiger partial charge < -0.3 is 5.32 Å². The number of nitrogens with zero attached hydrogens (tertiary/aromatic N) is 2. The summed E-state index contributed by atoms with van der Waals surface area (Å²) >= 11 is 0. The van der Waals surface area contributed by atoms with E-state index in [2.05, 4.69) is 63.6 Å². The molecule has 0 saturated carbocycles. The number of piperazine rings is 1. The van der Waals surface area contributed by atoms with E-state index < -0.39 is 5.82 Å². The Kier molecular flexibility index (Phi) is 6.52. The van der Waals surface area contributed by atoms with Crippen molar-refractivity contribution in [3.05, 3.63) is 102 Å². The fraction of sp³-hybridized carbons (Fsp3) is 0.240. The van der Waals surface area contributed by atoms with E-state index in [1.807, 2.05) is 12.1 Å². The third-order valence-electron chi connectivity index (χ3n) is 5.52. The molecule has 0 radical (unpaired) electrons. The summed E-state index contributed by atoms with van der Waals surface area (Å²) in [6.07, 6.45) is 0. The van der Waals surface area contributed by atoms with Gasteiger partial charge in [0.25, 0.3) is 0 Å². The molecule has 4 nitrogen and oxygen atoms in total. The number of rotatable bonds is 6. The molecule has 1 heterocycles. The highest BCUT2D eigenvalue weighted by molar-refractivity contribution is 5.92. The molecule has 1 N–H and O–H groups in total. The largest absolute Gasteiger partial charge is 0.322 e. The summed E-state index contributed by atoms with van der Waals surface area (Å²) in [7, 11) is 0. The zero-order valence-electron chi connectivity index (χ0n) is 16.9. The van der Waals surface area contributed by atoms with E-state index in [9.17, 15) is 9.18 Å². The van der Waals surface area contributed by atoms with Crippen molar-refractivity contribution in [1.29, 1.82) is 0 Å². The minimum atomic E-state index is -0.413. The average Bonchev–Trinajstić information content (AvgIpc) is 2.78. The second kappa shape index (κ2) is 9.65. The fourth-order valence-corrected chi connectivity index (χ4v) is 4.02. The van der Waals surface area contributed by atoms with E-state index in [4.69, 9.17) is 0 Å². The summed E-state index contributed by atoms with van der Waals surface area (Å²) in [6, 6.07) is 27.5. The third-order valence-corrected chi connectivity index (χ3v) is 5.52. The Bertz CT molecular complexity index is 917. The van der Waals surface area contributed by atoms with Crippen molar-refractivity contribution >= 4 is 11.6 Å². The van der Waals surface area contributed by atoms with Crippen LogP contribution in [0.3, 0.4) is 0 Å². The Morgan fingerprint density at radius 1 is 0.800 bits per heavy atom. The van der Waals surface area contributed by atoms with Crippen LogP contribution in [0.25, 0.3) is 0 Å². The number of hydrogen-bond donors (Lipinski definition) is 1. The molecule has 0 bridgehead atoms. The molecule has 154 valence electrons. The highest BCUT2D eigenvalue weighted by atomic mass is 19.1. The van der Waals surface area contributed by atoms with Crippen molar-refractivity contribution in [1.82, 2.24) is 9.80 Å². The van der Waals surface area contributed by atoms with Gasteiger partial charge >= 0.3 is 0 Å². The molecule has 1 saturated heterocycles. The first-order valence-electron chi connectivity index (χ1n) is 10.3. The summed E-state index contributed by atoms with van der Waals surface area (Å²) < 4.78 is 13.8. The molecule has 0 atom stereocenters. The molecule has 0 aliphatic carbocycles. The number of carbonyl (C=O) groups is 1. The number of nitrogens with one attached hydrogen (secondary N) is 1. The Labute approximate surface area is 176 Å². The molecular formula is C25H26FN3O. The SMILES string of the molecule is O=C(CN1CCN(C(c2ccccc2)c2ccccc2)CC1)Nc1ccccc1F. The predicted octanol–water partition coefficient (Wildman–Crippen LogP) is 4.17. The van der Waals surface area contributed by atoms with Gasteiger partial charge in [-0.3, -0.25) is 14.6 Å². The predicted molar refractivity (Wildman–Crippen MR) is 118 cm³/mol. The normalized spacial score (nSPS) is 15.3. The first-order valence-corrected chi connectivity index (χ1v) is 10.3. The molecule has 4 rings (SSSR count). The lowest BCUT2D eigenvalue weighted by Crippen LogP contribution is -2.49. The number of hydrogen-bond acceptors (Lipinski definition) is 3. The zero-order chi connectivity index (χ0) is 20.8. The second-order valence-corrected chi connectivity index (χ2v) is 7.56. The fourth-order valence-electron chi connectivity index (χ4n) is 4.02. The highest BCUT2D eigenvalue weighted by Gasteiger charge is 2.27. The van der Waals surface area contributed by atoms with Gasteiger partial charge in [0, 0.05) is 26.2 Å². The van der Waals surface area contributed by atoms with Crippen molar-refractivity contribution in [2.24, 2.45) is 0 Å². The maximum absolute atomic E-state index is 13.8. The minimum absolute atomic E-state index is 0.184. The molecule has 1 aliphatic heterocycles. The smallest absolute Gasteiger partial charge is 0.238 e. The molecule has 30 heavy (non-hydrogen) atoms. The summed E-state index contributed by atoms with van der Waals surface area (Å²) in [5.74, 6) is -0.597. The van der Waals surface area contributed by atoms with E-state index in [0.717, 1.165) is 26.2 Å². The maximum Gasteiger partial charge on any atom is 0.238 e. The zero-order valence-corrected chi connectivity index (χ0v) is 16.9. The average molecular weight is 404 g/mol. The number of benzene rings is 3. The van der Waals surface area contributed by atoms with Gasteiger partial charge in [-0.05, 0) is 23.3 Å². The Balaban J connectivity index is 1.39. The van der Waals surface area contributed by atoms with Crippen LogP contribution in [0.1, 0.15) is 17.2 Å². The lowest BCUT2D eigenvalue weighted by molar-refractivity contribution is -0.117. The van der Waals surface area contributed by atoms with Crippen LogP contribution in [-0.2, 0) is 4.79 Å². The lowest BCUT2D eigenvalue weighted by atomic mass is 9.96. The Hall–Kier alpha value is -3.02. The molecular weight excluding hydrogens is 377 g/mol. The van der Waals surface area contributed by atoms with Crippen LogP contribution in [0.4, 0.5) is 10.1 Å². The monoisotopic (exact) mass is 403 g/mol. The summed E-state index contributed by atoms with van der Waals surface area (Å²) in [4.78, 5) is 17.0. The third kappa shape index (κ3) is 4.93. The second-order valence-electron chi connectivity index (χ2n) is 7.56. The van der Waals surface area contributed by atoms with Gasteiger partial charge in [0.1, 0.15) is 5.82 Å². The van der Waals surface area contributed by atoms with Gasteiger partial charge in [0.15, 0.2) is 0 Å². The van der Waals surface area contributed by atoms with Crippen LogP contribution in [0, 0.1) is 5.82 Å². The maximum atomic E-state index is 13.8. The molecule has 0 aromatic heterocycles. The van der Waals surface area contributed by atoms with Gasteiger partial charge in [0.2, 0.25) is 5.91 Å². The van der Waals surface area contributed by atoms with E-state index in [-0.39, 0.29) is 24.2 Å². The van der Waals surface area contributed by atoms with Crippen LogP contribution >= 0.6 is 0 Å². The van der Waals surface area contributed by atoms with Gasteiger partial charge in [0.05, 0.1) is 18.3 Å². The summed E-state index contributed by atoms with van der Waals surface area (Å²) in [5, 5.41) is 2.67. The quantitative estimate of drug-likeness (QED) is 0.671. The molecule has 0 unspecified atom stereocenters. The Morgan fingerprint density at radius 3 is 1.90 bits per heavy atom. The van der Waals surface area contributed by atoms with E-state index in [1.165, 1.54) is 17.2 Å². The van der Waals surface area contributed by atoms with E-state index >= 15 is 0 Å². The number of anilines is 1. The van der Waals surface area contributed by atoms with Crippen LogP contribution in [0.2, 0.25) is 0 Å². The van der Waals surface area contributed by atoms with Crippen molar-refractivity contribution in [2.75, 3.05) is 38.0 Å². The molecule has 1 amide bonds. The molecule has 1 aliphatic rings. The molecule has 5 heteroatoms. The van der Waals surface area contributed by atoms with Crippen LogP contribution < -0.4 is 5.32 Å². The van der Waals surface area contributed by atoms with E-state index in [0.29, 0.717) is 0 Å². The molecule has 0 spiro atoms. The number of para-hydroxylation sites is 1. The van der Waals surface area contributed by atoms with E-state index in [1.54, 1.807) is 18.2 Å². The minimum Gasteiger partial charge on any atom is -0.322 e. The number of carbonyl (C=O) groups excluding carboxylic acids is 1. The molecule has 3 aromatic carbocycles. The van der Waals surface area contributed by atoms with Gasteiger partial charge in [-0.25, -0.2) is 4.39 Å². The first-order chi connectivity index (χ1) is 14.7. The molecule has 1 fully saturated rings. The van der Waals surface area contributed by atoms with Gasteiger partial charge in [-0.1, -0.05) is 72.8 Å². The van der Waals surface area contributed by atoms with Crippen molar-refractivity contribution in [3.8, 4) is 0 Å².